The van der Waals surface area contributed by atoms with Crippen molar-refractivity contribution in [2.45, 2.75) is 62.6 Å². The van der Waals surface area contributed by atoms with Crippen molar-refractivity contribution in [3.63, 3.8) is 0 Å². The molecule has 3 aromatic rings. The van der Waals surface area contributed by atoms with E-state index in [1.54, 1.807) is 49.4 Å². The van der Waals surface area contributed by atoms with Crippen molar-refractivity contribution in [2.75, 3.05) is 18.0 Å². The lowest BCUT2D eigenvalue weighted by molar-refractivity contribution is -0.139. The number of amides is 2. The highest BCUT2D eigenvalue weighted by molar-refractivity contribution is 7.92. The lowest BCUT2D eigenvalue weighted by Gasteiger charge is -2.33. The smallest absolute Gasteiger partial charge is 0.264 e. The van der Waals surface area contributed by atoms with E-state index in [1.807, 2.05) is 0 Å². The van der Waals surface area contributed by atoms with Gasteiger partial charge in [-0.2, -0.15) is 0 Å². The number of hydrogen-bond acceptors (Lipinski definition) is 5. The van der Waals surface area contributed by atoms with Crippen LogP contribution in [0, 0.1) is 0 Å². The molecule has 0 unspecified atom stereocenters. The van der Waals surface area contributed by atoms with Gasteiger partial charge in [0.2, 0.25) is 11.8 Å². The predicted molar refractivity (Wildman–Crippen MR) is 170 cm³/mol. The van der Waals surface area contributed by atoms with Crippen LogP contribution in [0.4, 0.5) is 5.69 Å². The standard InChI is InChI=1S/C31H34Cl3N3O5S/c1-21(31(39)35-25-9-5-3-6-10-25)36(19-22-13-14-23(32)17-27(22)34)30(38)20-37(28-18-24(33)15-16-29(28)42-2)43(40,41)26-11-7-4-8-12-26/h4,7-8,11-18,21,25H,3,5-6,9-10,19-20H2,1-2H3,(H,35,39)/t21-/m1/s1. The molecule has 1 aliphatic carbocycles. The van der Waals surface area contributed by atoms with Gasteiger partial charge in [-0.15, -0.1) is 0 Å². The number of ether oxygens (including phenoxy) is 1. The number of halogens is 3. The van der Waals surface area contributed by atoms with Crippen LogP contribution in [0.15, 0.2) is 71.6 Å². The molecule has 12 heteroatoms. The van der Waals surface area contributed by atoms with Gasteiger partial charge < -0.3 is 15.0 Å². The summed E-state index contributed by atoms with van der Waals surface area (Å²) in [7, 11) is -2.89. The summed E-state index contributed by atoms with van der Waals surface area (Å²) in [5.41, 5.74) is 0.630. The fourth-order valence-corrected chi connectivity index (χ4v) is 7.15. The molecule has 8 nitrogen and oxygen atoms in total. The largest absolute Gasteiger partial charge is 0.495 e. The number of methoxy groups -OCH3 is 1. The third-order valence-electron chi connectivity index (χ3n) is 7.49. The molecular weight excluding hydrogens is 633 g/mol. The monoisotopic (exact) mass is 665 g/mol. The van der Waals surface area contributed by atoms with Gasteiger partial charge >= 0.3 is 0 Å². The Morgan fingerprint density at radius 3 is 2.26 bits per heavy atom. The van der Waals surface area contributed by atoms with Gasteiger partial charge in [-0.05, 0) is 67.8 Å². The van der Waals surface area contributed by atoms with E-state index in [2.05, 4.69) is 5.32 Å². The summed E-state index contributed by atoms with van der Waals surface area (Å²) in [4.78, 5) is 29.0. The highest BCUT2D eigenvalue weighted by Crippen LogP contribution is 2.35. The van der Waals surface area contributed by atoms with E-state index >= 15 is 0 Å². The van der Waals surface area contributed by atoms with Crippen molar-refractivity contribution < 1.29 is 22.7 Å². The van der Waals surface area contributed by atoms with Gasteiger partial charge in [0.1, 0.15) is 18.3 Å². The third kappa shape index (κ3) is 8.15. The predicted octanol–water partition coefficient (Wildman–Crippen LogP) is 6.72. The van der Waals surface area contributed by atoms with E-state index in [0.29, 0.717) is 15.6 Å². The topological polar surface area (TPSA) is 96.0 Å². The molecule has 1 fully saturated rings. The number of sulfonamides is 1. The summed E-state index contributed by atoms with van der Waals surface area (Å²) in [5.74, 6) is -0.755. The van der Waals surface area contributed by atoms with Gasteiger partial charge in [0, 0.05) is 27.7 Å². The van der Waals surface area contributed by atoms with E-state index < -0.39 is 28.5 Å². The highest BCUT2D eigenvalue weighted by atomic mass is 35.5. The maximum atomic E-state index is 14.2. The van der Waals surface area contributed by atoms with Crippen molar-refractivity contribution in [2.24, 2.45) is 0 Å². The van der Waals surface area contributed by atoms with Gasteiger partial charge in [0.25, 0.3) is 10.0 Å². The fraction of sp³-hybridized carbons (Fsp3) is 0.355. The molecule has 1 N–H and O–H groups in total. The van der Waals surface area contributed by atoms with Crippen molar-refractivity contribution >= 4 is 62.3 Å². The summed E-state index contributed by atoms with van der Waals surface area (Å²) in [6, 6.07) is 16.2. The molecule has 0 radical (unpaired) electrons. The maximum Gasteiger partial charge on any atom is 0.264 e. The van der Waals surface area contributed by atoms with Crippen LogP contribution in [-0.4, -0.2) is 50.9 Å². The van der Waals surface area contributed by atoms with Crippen LogP contribution in [0.5, 0.6) is 5.75 Å². The number of carbonyl (C=O) groups is 2. The zero-order valence-corrected chi connectivity index (χ0v) is 27.0. The minimum atomic E-state index is -4.28. The minimum Gasteiger partial charge on any atom is -0.495 e. The molecule has 0 heterocycles. The van der Waals surface area contributed by atoms with E-state index in [9.17, 15) is 18.0 Å². The summed E-state index contributed by atoms with van der Waals surface area (Å²) >= 11 is 18.9. The average Bonchev–Trinajstić information content (AvgIpc) is 3.00. The Labute approximate surface area is 267 Å². The van der Waals surface area contributed by atoms with Crippen molar-refractivity contribution in [1.82, 2.24) is 10.2 Å². The number of nitrogens with zero attached hydrogens (tertiary/aromatic N) is 2. The molecule has 0 aliphatic heterocycles. The maximum absolute atomic E-state index is 14.2. The number of anilines is 1. The molecule has 0 bridgehead atoms. The Bertz CT molecular complexity index is 1550. The first-order chi connectivity index (χ1) is 20.5. The molecule has 43 heavy (non-hydrogen) atoms. The molecule has 0 saturated heterocycles. The van der Waals surface area contributed by atoms with Crippen LogP contribution in [-0.2, 0) is 26.2 Å². The number of carbonyl (C=O) groups excluding carboxylic acids is 2. The van der Waals surface area contributed by atoms with Crippen LogP contribution in [0.3, 0.4) is 0 Å². The molecule has 230 valence electrons. The number of nitrogens with one attached hydrogen (secondary N) is 1. The normalized spacial score (nSPS) is 14.5. The van der Waals surface area contributed by atoms with Crippen molar-refractivity contribution in [3.05, 3.63) is 87.4 Å². The summed E-state index contributed by atoms with van der Waals surface area (Å²) in [6.07, 6.45) is 4.91. The zero-order chi connectivity index (χ0) is 31.1. The van der Waals surface area contributed by atoms with Gasteiger partial charge in [0.05, 0.1) is 17.7 Å². The third-order valence-corrected chi connectivity index (χ3v) is 10.1. The number of hydrogen-bond donors (Lipinski definition) is 1. The molecule has 1 aliphatic rings. The lowest BCUT2D eigenvalue weighted by atomic mass is 9.95. The van der Waals surface area contributed by atoms with E-state index in [4.69, 9.17) is 39.5 Å². The minimum absolute atomic E-state index is 0.0189. The van der Waals surface area contributed by atoms with Crippen LogP contribution in [0.1, 0.15) is 44.6 Å². The molecule has 4 rings (SSSR count). The highest BCUT2D eigenvalue weighted by Gasteiger charge is 2.34. The Kier molecular flexibility index (Phi) is 11.2. The quantitative estimate of drug-likeness (QED) is 0.245. The first kappa shape index (κ1) is 32.9. The van der Waals surface area contributed by atoms with Crippen LogP contribution in [0.2, 0.25) is 15.1 Å². The first-order valence-electron chi connectivity index (χ1n) is 14.0. The number of benzene rings is 3. The van der Waals surface area contributed by atoms with Crippen LogP contribution < -0.4 is 14.4 Å². The van der Waals surface area contributed by atoms with Gasteiger partial charge in [-0.1, -0.05) is 78.3 Å². The molecule has 2 amide bonds. The molecule has 0 aromatic heterocycles. The Morgan fingerprint density at radius 1 is 0.953 bits per heavy atom. The van der Waals surface area contributed by atoms with E-state index in [0.717, 1.165) is 36.4 Å². The van der Waals surface area contributed by atoms with Gasteiger partial charge in [-0.3, -0.25) is 13.9 Å². The van der Waals surface area contributed by atoms with E-state index in [1.165, 1.54) is 36.3 Å². The summed E-state index contributed by atoms with van der Waals surface area (Å²) in [6.45, 7) is 0.927. The molecular formula is C31H34Cl3N3O5S. The lowest BCUT2D eigenvalue weighted by Crippen LogP contribution is -2.53. The van der Waals surface area contributed by atoms with Crippen LogP contribution >= 0.6 is 34.8 Å². The average molecular weight is 667 g/mol. The molecule has 1 saturated carbocycles. The fourth-order valence-electron chi connectivity index (χ4n) is 5.08. The second-order valence-electron chi connectivity index (χ2n) is 10.4. The SMILES string of the molecule is COc1ccc(Cl)cc1N(CC(=O)N(Cc1ccc(Cl)cc1Cl)[C@H](C)C(=O)NC1CCCCC1)S(=O)(=O)c1ccccc1. The zero-order valence-electron chi connectivity index (χ0n) is 23.9. The Morgan fingerprint density at radius 2 is 1.60 bits per heavy atom. The summed E-state index contributed by atoms with van der Waals surface area (Å²) < 4.78 is 34.5. The second kappa shape index (κ2) is 14.7. The summed E-state index contributed by atoms with van der Waals surface area (Å²) in [5, 5.41) is 4.06. The molecule has 1 atom stereocenters. The number of rotatable bonds is 11. The van der Waals surface area contributed by atoms with Gasteiger partial charge in [-0.25, -0.2) is 8.42 Å². The van der Waals surface area contributed by atoms with Crippen molar-refractivity contribution in [1.29, 1.82) is 0 Å². The van der Waals surface area contributed by atoms with E-state index in [-0.39, 0.29) is 39.8 Å². The Hall–Kier alpha value is -2.98. The molecule has 0 spiro atoms. The van der Waals surface area contributed by atoms with Crippen molar-refractivity contribution in [3.8, 4) is 5.75 Å². The Balaban J connectivity index is 1.74. The first-order valence-corrected chi connectivity index (χ1v) is 16.5. The second-order valence-corrected chi connectivity index (χ2v) is 13.6. The van der Waals surface area contributed by atoms with Gasteiger partial charge in [0.15, 0.2) is 0 Å². The van der Waals surface area contributed by atoms with Crippen LogP contribution in [0.25, 0.3) is 0 Å². The molecule has 3 aromatic carbocycles.